The minimum atomic E-state index is -0.560. The first-order valence-electron chi connectivity index (χ1n) is 6.20. The van der Waals surface area contributed by atoms with Gasteiger partial charge < -0.3 is 29.2 Å². The Morgan fingerprint density at radius 3 is 1.44 bits per heavy atom. The summed E-state index contributed by atoms with van der Waals surface area (Å²) in [6, 6.07) is 0. The monoisotopic (exact) mass is 266 g/mol. The molecule has 2 atom stereocenters. The maximum atomic E-state index is 9.29. The molecule has 0 aromatic heterocycles. The zero-order chi connectivity index (χ0) is 13.6. The van der Waals surface area contributed by atoms with Gasteiger partial charge in [-0.15, -0.1) is 0 Å². The lowest BCUT2D eigenvalue weighted by Crippen LogP contribution is -2.22. The van der Waals surface area contributed by atoms with E-state index in [1.807, 2.05) is 0 Å². The third-order valence-corrected chi connectivity index (χ3v) is 2.17. The summed E-state index contributed by atoms with van der Waals surface area (Å²) < 4.78 is 20.1. The fourth-order valence-electron chi connectivity index (χ4n) is 1.33. The van der Waals surface area contributed by atoms with Gasteiger partial charge in [0.25, 0.3) is 0 Å². The number of ether oxygens (including phenoxy) is 4. The second kappa shape index (κ2) is 13.2. The van der Waals surface area contributed by atoms with Crippen LogP contribution in [0.15, 0.2) is 0 Å². The smallest absolute Gasteiger partial charge is 0.101 e. The van der Waals surface area contributed by atoms with E-state index in [1.165, 1.54) is 0 Å². The summed E-state index contributed by atoms with van der Waals surface area (Å²) in [6.07, 6.45) is 0.603. The maximum Gasteiger partial charge on any atom is 0.101 e. The van der Waals surface area contributed by atoms with Crippen LogP contribution in [-0.2, 0) is 18.9 Å². The van der Waals surface area contributed by atoms with Gasteiger partial charge in [-0.25, -0.2) is 0 Å². The average Bonchev–Trinajstić information content (AvgIpc) is 2.33. The molecule has 18 heavy (non-hydrogen) atoms. The van der Waals surface area contributed by atoms with Crippen molar-refractivity contribution in [2.45, 2.75) is 25.0 Å². The molecule has 2 N–H and O–H groups in total. The van der Waals surface area contributed by atoms with Crippen molar-refractivity contribution in [2.24, 2.45) is 0 Å². The standard InChI is InChI=1S/C12H26O6/c1-15-7-11(13)9-17-5-3-4-6-18-10-12(14)8-16-2/h11-14H,3-10H2,1-2H3. The Balaban J connectivity index is 3.11. The Labute approximate surface area is 109 Å². The lowest BCUT2D eigenvalue weighted by Gasteiger charge is -2.11. The molecule has 0 rings (SSSR count). The highest BCUT2D eigenvalue weighted by molar-refractivity contribution is 4.51. The number of aliphatic hydroxyl groups excluding tert-OH is 2. The molecule has 0 saturated heterocycles. The van der Waals surface area contributed by atoms with E-state index < -0.39 is 12.2 Å². The van der Waals surface area contributed by atoms with E-state index in [4.69, 9.17) is 18.9 Å². The van der Waals surface area contributed by atoms with Crippen molar-refractivity contribution < 1.29 is 29.2 Å². The molecule has 0 bridgehead atoms. The Kier molecular flexibility index (Phi) is 13.0. The van der Waals surface area contributed by atoms with Gasteiger partial charge in [0.05, 0.1) is 26.4 Å². The van der Waals surface area contributed by atoms with Gasteiger partial charge in [-0.1, -0.05) is 0 Å². The van der Waals surface area contributed by atoms with Crippen LogP contribution in [0, 0.1) is 0 Å². The number of methoxy groups -OCH3 is 2. The number of unbranched alkanes of at least 4 members (excludes halogenated alkanes) is 1. The fraction of sp³-hybridized carbons (Fsp3) is 1.00. The molecule has 0 aliphatic carbocycles. The third-order valence-electron chi connectivity index (χ3n) is 2.17. The third kappa shape index (κ3) is 12.2. The molecule has 0 aromatic rings. The van der Waals surface area contributed by atoms with Gasteiger partial charge in [0, 0.05) is 27.4 Å². The molecular weight excluding hydrogens is 240 g/mol. The van der Waals surface area contributed by atoms with Gasteiger partial charge in [-0.3, -0.25) is 0 Å². The summed E-state index contributed by atoms with van der Waals surface area (Å²) in [7, 11) is 3.08. The molecule has 6 nitrogen and oxygen atoms in total. The van der Waals surface area contributed by atoms with Crippen LogP contribution >= 0.6 is 0 Å². The highest BCUT2D eigenvalue weighted by Gasteiger charge is 2.03. The van der Waals surface area contributed by atoms with Crippen LogP contribution in [0.25, 0.3) is 0 Å². The van der Waals surface area contributed by atoms with Crippen LogP contribution in [0.5, 0.6) is 0 Å². The summed E-state index contributed by atoms with van der Waals surface area (Å²) in [5, 5.41) is 18.6. The van der Waals surface area contributed by atoms with Crippen molar-refractivity contribution in [1.29, 1.82) is 0 Å². The maximum absolute atomic E-state index is 9.29. The molecule has 0 heterocycles. The van der Waals surface area contributed by atoms with Crippen molar-refractivity contribution >= 4 is 0 Å². The second-order valence-electron chi connectivity index (χ2n) is 4.08. The van der Waals surface area contributed by atoms with Crippen LogP contribution in [-0.4, -0.2) is 76.3 Å². The molecule has 0 amide bonds. The van der Waals surface area contributed by atoms with E-state index in [0.717, 1.165) is 12.8 Å². The van der Waals surface area contributed by atoms with Crippen LogP contribution in [0.2, 0.25) is 0 Å². The van der Waals surface area contributed by atoms with Gasteiger partial charge in [-0.05, 0) is 12.8 Å². The molecule has 0 aliphatic rings. The van der Waals surface area contributed by atoms with Crippen LogP contribution in [0.3, 0.4) is 0 Å². The van der Waals surface area contributed by atoms with E-state index in [2.05, 4.69) is 0 Å². The topological polar surface area (TPSA) is 77.4 Å². The van der Waals surface area contributed by atoms with Crippen molar-refractivity contribution in [2.75, 3.05) is 53.9 Å². The molecule has 0 aliphatic heterocycles. The van der Waals surface area contributed by atoms with Crippen molar-refractivity contribution in [3.05, 3.63) is 0 Å². The summed E-state index contributed by atoms with van der Waals surface area (Å²) >= 11 is 0. The van der Waals surface area contributed by atoms with Gasteiger partial charge in [0.2, 0.25) is 0 Å². The predicted octanol–water partition coefficient (Wildman–Crippen LogP) is -0.186. The van der Waals surface area contributed by atoms with E-state index in [0.29, 0.717) is 39.6 Å². The number of hydrogen-bond acceptors (Lipinski definition) is 6. The molecule has 0 fully saturated rings. The lowest BCUT2D eigenvalue weighted by molar-refractivity contribution is -0.0154. The molecule has 0 radical (unpaired) electrons. The average molecular weight is 266 g/mol. The Hall–Kier alpha value is -0.240. The second-order valence-corrected chi connectivity index (χ2v) is 4.08. The van der Waals surface area contributed by atoms with Gasteiger partial charge in [0.1, 0.15) is 12.2 Å². The number of aliphatic hydroxyl groups is 2. The Bertz CT molecular complexity index is 149. The van der Waals surface area contributed by atoms with Crippen LogP contribution < -0.4 is 0 Å². The highest BCUT2D eigenvalue weighted by Crippen LogP contribution is 1.95. The van der Waals surface area contributed by atoms with Gasteiger partial charge in [0.15, 0.2) is 0 Å². The molecular formula is C12H26O6. The van der Waals surface area contributed by atoms with Crippen molar-refractivity contribution in [3.8, 4) is 0 Å². The minimum absolute atomic E-state index is 0.292. The zero-order valence-electron chi connectivity index (χ0n) is 11.3. The molecule has 0 saturated carbocycles. The zero-order valence-corrected chi connectivity index (χ0v) is 11.3. The van der Waals surface area contributed by atoms with Crippen molar-refractivity contribution in [1.82, 2.24) is 0 Å². The summed E-state index contributed by atoms with van der Waals surface area (Å²) in [5.74, 6) is 0. The minimum Gasteiger partial charge on any atom is -0.388 e. The molecule has 2 unspecified atom stereocenters. The number of hydrogen-bond donors (Lipinski definition) is 2. The molecule has 6 heteroatoms. The summed E-state index contributed by atoms with van der Waals surface area (Å²) in [6.45, 7) is 2.35. The molecule has 110 valence electrons. The normalized spacial score (nSPS) is 14.7. The van der Waals surface area contributed by atoms with Crippen LogP contribution in [0.1, 0.15) is 12.8 Å². The van der Waals surface area contributed by atoms with Gasteiger partial charge in [-0.2, -0.15) is 0 Å². The lowest BCUT2D eigenvalue weighted by atomic mass is 10.3. The predicted molar refractivity (Wildman–Crippen MR) is 66.6 cm³/mol. The van der Waals surface area contributed by atoms with E-state index in [1.54, 1.807) is 14.2 Å². The van der Waals surface area contributed by atoms with Crippen molar-refractivity contribution in [3.63, 3.8) is 0 Å². The van der Waals surface area contributed by atoms with E-state index >= 15 is 0 Å². The number of rotatable bonds is 13. The SMILES string of the molecule is COCC(O)COCCCCOCC(O)COC. The first kappa shape index (κ1) is 17.8. The first-order valence-corrected chi connectivity index (χ1v) is 6.20. The molecule has 0 aromatic carbocycles. The first-order chi connectivity index (χ1) is 8.70. The fourth-order valence-corrected chi connectivity index (χ4v) is 1.33. The van der Waals surface area contributed by atoms with Crippen LogP contribution in [0.4, 0.5) is 0 Å². The molecule has 0 spiro atoms. The Morgan fingerprint density at radius 2 is 1.11 bits per heavy atom. The highest BCUT2D eigenvalue weighted by atomic mass is 16.5. The van der Waals surface area contributed by atoms with E-state index in [-0.39, 0.29) is 0 Å². The Morgan fingerprint density at radius 1 is 0.722 bits per heavy atom. The largest absolute Gasteiger partial charge is 0.388 e. The summed E-state index contributed by atoms with van der Waals surface area (Å²) in [4.78, 5) is 0. The van der Waals surface area contributed by atoms with E-state index in [9.17, 15) is 10.2 Å². The quantitative estimate of drug-likeness (QED) is 0.450. The van der Waals surface area contributed by atoms with Gasteiger partial charge >= 0.3 is 0 Å². The summed E-state index contributed by atoms with van der Waals surface area (Å²) in [5.41, 5.74) is 0.